The second-order valence-corrected chi connectivity index (χ2v) is 5.24. The number of nitrogens with one attached hydrogen (secondary N) is 1. The van der Waals surface area contributed by atoms with E-state index >= 15 is 0 Å². The molecule has 0 aromatic heterocycles. The van der Waals surface area contributed by atoms with Gasteiger partial charge in [-0.3, -0.25) is 4.84 Å². The highest BCUT2D eigenvalue weighted by Gasteiger charge is 2.15. The van der Waals surface area contributed by atoms with Crippen LogP contribution in [0.15, 0.2) is 23.1 Å². The predicted molar refractivity (Wildman–Crippen MR) is 59.8 cm³/mol. The zero-order valence-electron chi connectivity index (χ0n) is 9.43. The minimum absolute atomic E-state index is 0.0420. The Kier molecular flexibility index (Phi) is 4.22. The number of carbonyl (C=O) groups is 1. The Balaban J connectivity index is 2.86. The molecule has 94 valence electrons. The van der Waals surface area contributed by atoms with Gasteiger partial charge in [0, 0.05) is 0 Å². The van der Waals surface area contributed by atoms with E-state index in [0.717, 1.165) is 11.1 Å². The number of carboxylic acids is 1. The van der Waals surface area contributed by atoms with E-state index in [0.29, 0.717) is 0 Å². The van der Waals surface area contributed by atoms with Crippen LogP contribution in [0.5, 0.6) is 0 Å². The van der Waals surface area contributed by atoms with Gasteiger partial charge in [0.25, 0.3) is 10.0 Å². The minimum Gasteiger partial charge on any atom is -0.479 e. The van der Waals surface area contributed by atoms with Crippen molar-refractivity contribution < 1.29 is 23.2 Å². The van der Waals surface area contributed by atoms with Crippen molar-refractivity contribution in [2.24, 2.45) is 0 Å². The van der Waals surface area contributed by atoms with E-state index in [4.69, 9.17) is 5.11 Å². The van der Waals surface area contributed by atoms with E-state index in [1.807, 2.05) is 6.07 Å². The SMILES string of the molecule is Cc1cc(C)cc(S(=O)(=O)NOCC(=O)O)c1. The molecule has 0 heterocycles. The average Bonchev–Trinajstić information content (AvgIpc) is 2.14. The van der Waals surface area contributed by atoms with Gasteiger partial charge in [0.05, 0.1) is 4.90 Å². The quantitative estimate of drug-likeness (QED) is 0.755. The van der Waals surface area contributed by atoms with Crippen molar-refractivity contribution in [3.05, 3.63) is 29.3 Å². The van der Waals surface area contributed by atoms with Crippen LogP contribution in [-0.4, -0.2) is 26.1 Å². The lowest BCUT2D eigenvalue weighted by atomic mass is 10.2. The number of aliphatic carboxylic acids is 1. The molecule has 17 heavy (non-hydrogen) atoms. The van der Waals surface area contributed by atoms with Crippen LogP contribution in [0.25, 0.3) is 0 Å². The number of aryl methyl sites for hydroxylation is 2. The van der Waals surface area contributed by atoms with Gasteiger partial charge in [-0.05, 0) is 37.1 Å². The second kappa shape index (κ2) is 5.26. The van der Waals surface area contributed by atoms with Gasteiger partial charge in [-0.1, -0.05) is 11.0 Å². The molecule has 0 saturated carbocycles. The molecular weight excluding hydrogens is 246 g/mol. The number of carboxylic acid groups (broad SMARTS) is 1. The first-order valence-corrected chi connectivity index (χ1v) is 6.23. The molecule has 1 aromatic rings. The Labute approximate surface area is 99.2 Å². The summed E-state index contributed by atoms with van der Waals surface area (Å²) in [6, 6.07) is 4.77. The summed E-state index contributed by atoms with van der Waals surface area (Å²) in [5.41, 5.74) is 1.59. The molecular formula is C10H13NO5S. The number of sulfonamides is 1. The summed E-state index contributed by atoms with van der Waals surface area (Å²) >= 11 is 0. The standard InChI is InChI=1S/C10H13NO5S/c1-7-3-8(2)5-9(4-7)17(14,15)11-16-6-10(12)13/h3-5,11H,6H2,1-2H3,(H,12,13). The van der Waals surface area contributed by atoms with Gasteiger partial charge in [-0.15, -0.1) is 0 Å². The summed E-state index contributed by atoms with van der Waals surface area (Å²) in [4.78, 5) is 16.3. The van der Waals surface area contributed by atoms with Crippen LogP contribution in [0.4, 0.5) is 0 Å². The van der Waals surface area contributed by atoms with Gasteiger partial charge >= 0.3 is 5.97 Å². The summed E-state index contributed by atoms with van der Waals surface area (Å²) in [7, 11) is -3.84. The number of hydrogen-bond donors (Lipinski definition) is 2. The lowest BCUT2D eigenvalue weighted by molar-refractivity contribution is -0.143. The van der Waals surface area contributed by atoms with Crippen LogP contribution in [0.2, 0.25) is 0 Å². The van der Waals surface area contributed by atoms with Crippen LogP contribution in [0.3, 0.4) is 0 Å². The summed E-state index contributed by atoms with van der Waals surface area (Å²) in [5.74, 6) is -1.26. The third-order valence-corrected chi connectivity index (χ3v) is 3.06. The van der Waals surface area contributed by atoms with E-state index in [9.17, 15) is 13.2 Å². The molecule has 2 N–H and O–H groups in total. The van der Waals surface area contributed by atoms with Crippen molar-refractivity contribution in [3.63, 3.8) is 0 Å². The summed E-state index contributed by atoms with van der Waals surface area (Å²) in [6.07, 6.45) is 0. The van der Waals surface area contributed by atoms with Crippen LogP contribution >= 0.6 is 0 Å². The maximum Gasteiger partial charge on any atom is 0.331 e. The van der Waals surface area contributed by atoms with Crippen molar-refractivity contribution >= 4 is 16.0 Å². The molecule has 0 aliphatic rings. The molecule has 0 unspecified atom stereocenters. The van der Waals surface area contributed by atoms with Crippen molar-refractivity contribution in [2.45, 2.75) is 18.7 Å². The zero-order valence-corrected chi connectivity index (χ0v) is 10.2. The maximum absolute atomic E-state index is 11.7. The summed E-state index contributed by atoms with van der Waals surface area (Å²) in [6.45, 7) is 2.80. The highest BCUT2D eigenvalue weighted by Crippen LogP contribution is 2.13. The van der Waals surface area contributed by atoms with E-state index in [1.165, 1.54) is 12.1 Å². The summed E-state index contributed by atoms with van der Waals surface area (Å²) in [5, 5.41) is 8.31. The monoisotopic (exact) mass is 259 g/mol. The molecule has 6 nitrogen and oxygen atoms in total. The molecule has 0 amide bonds. The zero-order chi connectivity index (χ0) is 13.1. The molecule has 0 aliphatic carbocycles. The first kappa shape index (κ1) is 13.6. The number of hydrogen-bond acceptors (Lipinski definition) is 4. The van der Waals surface area contributed by atoms with Crippen LogP contribution in [0.1, 0.15) is 11.1 Å². The average molecular weight is 259 g/mol. The first-order valence-electron chi connectivity index (χ1n) is 4.75. The van der Waals surface area contributed by atoms with Crippen LogP contribution < -0.4 is 4.89 Å². The Morgan fingerprint density at radius 1 is 1.29 bits per heavy atom. The van der Waals surface area contributed by atoms with Crippen molar-refractivity contribution in [1.82, 2.24) is 4.89 Å². The van der Waals surface area contributed by atoms with Crippen molar-refractivity contribution in [3.8, 4) is 0 Å². The molecule has 0 spiro atoms. The largest absolute Gasteiger partial charge is 0.479 e. The topological polar surface area (TPSA) is 92.7 Å². The molecule has 0 radical (unpaired) electrons. The summed E-state index contributed by atoms with van der Waals surface area (Å²) < 4.78 is 23.4. The van der Waals surface area contributed by atoms with Gasteiger partial charge in [-0.25, -0.2) is 13.2 Å². The highest BCUT2D eigenvalue weighted by atomic mass is 32.2. The number of rotatable bonds is 5. The maximum atomic E-state index is 11.7. The van der Waals surface area contributed by atoms with E-state index in [1.54, 1.807) is 18.7 Å². The molecule has 0 saturated heterocycles. The fourth-order valence-electron chi connectivity index (χ4n) is 1.30. The Bertz CT molecular complexity index is 503. The molecule has 0 aliphatic heterocycles. The van der Waals surface area contributed by atoms with Crippen molar-refractivity contribution in [1.29, 1.82) is 0 Å². The molecule has 0 fully saturated rings. The van der Waals surface area contributed by atoms with Gasteiger partial charge in [-0.2, -0.15) is 0 Å². The fourth-order valence-corrected chi connectivity index (χ4v) is 2.30. The van der Waals surface area contributed by atoms with E-state index in [-0.39, 0.29) is 4.90 Å². The Hall–Kier alpha value is -1.44. The fraction of sp³-hybridized carbons (Fsp3) is 0.300. The Morgan fingerprint density at radius 3 is 2.29 bits per heavy atom. The highest BCUT2D eigenvalue weighted by molar-refractivity contribution is 7.89. The van der Waals surface area contributed by atoms with Crippen molar-refractivity contribution in [2.75, 3.05) is 6.61 Å². The van der Waals surface area contributed by atoms with Crippen LogP contribution in [-0.2, 0) is 19.7 Å². The molecule has 1 rings (SSSR count). The van der Waals surface area contributed by atoms with Crippen LogP contribution in [0, 0.1) is 13.8 Å². The number of benzene rings is 1. The van der Waals surface area contributed by atoms with Gasteiger partial charge in [0.1, 0.15) is 0 Å². The molecule has 0 bridgehead atoms. The smallest absolute Gasteiger partial charge is 0.331 e. The van der Waals surface area contributed by atoms with E-state index in [2.05, 4.69) is 4.84 Å². The lowest BCUT2D eigenvalue weighted by Gasteiger charge is -2.07. The Morgan fingerprint density at radius 2 is 1.82 bits per heavy atom. The van der Waals surface area contributed by atoms with Gasteiger partial charge in [0.2, 0.25) is 0 Å². The third-order valence-electron chi connectivity index (χ3n) is 1.87. The minimum atomic E-state index is -3.84. The van der Waals surface area contributed by atoms with E-state index < -0.39 is 22.6 Å². The molecule has 1 aromatic carbocycles. The third kappa shape index (κ3) is 4.14. The molecule has 7 heteroatoms. The van der Waals surface area contributed by atoms with Gasteiger partial charge in [0.15, 0.2) is 6.61 Å². The molecule has 0 atom stereocenters. The predicted octanol–water partition coefficient (Wildman–Crippen LogP) is 0.598. The second-order valence-electron chi connectivity index (χ2n) is 3.59. The first-order chi connectivity index (χ1) is 7.81. The lowest BCUT2D eigenvalue weighted by Crippen LogP contribution is -2.27. The normalized spacial score (nSPS) is 11.4. The van der Waals surface area contributed by atoms with Gasteiger partial charge < -0.3 is 5.11 Å².